The van der Waals surface area contributed by atoms with E-state index in [1.165, 1.54) is 6.08 Å². The number of aromatic nitrogens is 1. The van der Waals surface area contributed by atoms with Crippen molar-refractivity contribution >= 4 is 11.8 Å². The fourth-order valence-corrected chi connectivity index (χ4v) is 2.09. The van der Waals surface area contributed by atoms with Crippen molar-refractivity contribution < 1.29 is 14.3 Å². The monoisotopic (exact) mass is 324 g/mol. The Balaban J connectivity index is 2.48. The number of hydrogen-bond acceptors (Lipinski definition) is 5. The van der Waals surface area contributed by atoms with Gasteiger partial charge >= 0.3 is 5.97 Å². The summed E-state index contributed by atoms with van der Waals surface area (Å²) in [5.74, 6) is -0.678. The summed E-state index contributed by atoms with van der Waals surface area (Å²) in [4.78, 5) is 30.6. The van der Waals surface area contributed by atoms with E-state index in [0.717, 1.165) is 5.56 Å². The van der Waals surface area contributed by atoms with Gasteiger partial charge in [0.15, 0.2) is 0 Å². The molecule has 2 aromatic rings. The molecule has 0 amide bonds. The summed E-state index contributed by atoms with van der Waals surface area (Å²) >= 11 is 0. The van der Waals surface area contributed by atoms with Crippen LogP contribution in [0.1, 0.15) is 27.8 Å². The van der Waals surface area contributed by atoms with Crippen LogP contribution in [0, 0.1) is 0 Å². The highest BCUT2D eigenvalue weighted by Gasteiger charge is 2.17. The van der Waals surface area contributed by atoms with E-state index in [4.69, 9.17) is 4.74 Å². The molecule has 0 radical (unpaired) electrons. The molecule has 0 bridgehead atoms. The molecule has 0 saturated heterocycles. The second-order valence-electron chi connectivity index (χ2n) is 5.32. The predicted octanol–water partition coefficient (Wildman–Crippen LogP) is 3.18. The Bertz CT molecular complexity index is 752. The number of benzene rings is 1. The van der Waals surface area contributed by atoms with Crippen LogP contribution in [0.25, 0.3) is 11.3 Å². The van der Waals surface area contributed by atoms with Crippen molar-refractivity contribution in [1.29, 1.82) is 0 Å². The van der Waals surface area contributed by atoms with Crippen molar-refractivity contribution in [2.45, 2.75) is 6.92 Å². The van der Waals surface area contributed by atoms with Gasteiger partial charge in [0.05, 0.1) is 17.9 Å². The van der Waals surface area contributed by atoms with Gasteiger partial charge < -0.3 is 9.64 Å². The van der Waals surface area contributed by atoms with Crippen LogP contribution in [0.15, 0.2) is 54.7 Å². The summed E-state index contributed by atoms with van der Waals surface area (Å²) in [6.45, 7) is 2.02. The molecule has 0 aliphatic heterocycles. The topological polar surface area (TPSA) is 59.5 Å². The minimum absolute atomic E-state index is 0.226. The molecule has 0 saturated carbocycles. The summed E-state index contributed by atoms with van der Waals surface area (Å²) in [6, 6.07) is 12.4. The van der Waals surface area contributed by atoms with E-state index in [1.807, 2.05) is 44.4 Å². The van der Waals surface area contributed by atoms with Crippen LogP contribution in [0.5, 0.6) is 0 Å². The van der Waals surface area contributed by atoms with Gasteiger partial charge in [-0.05, 0) is 19.1 Å². The number of ketones is 1. The standard InChI is InChI=1S/C19H20N2O3/c1-4-24-19(23)15-10-11-16(17(22)12-13-21(2)3)20-18(15)14-8-6-5-7-9-14/h5-13H,4H2,1-3H3/b13-12+. The van der Waals surface area contributed by atoms with E-state index >= 15 is 0 Å². The zero-order valence-corrected chi connectivity index (χ0v) is 14.0. The predicted molar refractivity (Wildman–Crippen MR) is 92.8 cm³/mol. The highest BCUT2D eigenvalue weighted by molar-refractivity contribution is 6.04. The van der Waals surface area contributed by atoms with E-state index in [9.17, 15) is 9.59 Å². The Morgan fingerprint density at radius 2 is 1.83 bits per heavy atom. The minimum atomic E-state index is -0.452. The Hall–Kier alpha value is -2.95. The molecule has 0 spiro atoms. The number of pyridine rings is 1. The first-order chi connectivity index (χ1) is 11.5. The third kappa shape index (κ3) is 4.29. The van der Waals surface area contributed by atoms with Gasteiger partial charge in [0.1, 0.15) is 5.69 Å². The Morgan fingerprint density at radius 3 is 2.46 bits per heavy atom. The second kappa shape index (κ2) is 8.06. The molecule has 0 aliphatic carbocycles. The summed E-state index contributed by atoms with van der Waals surface area (Å²) in [7, 11) is 3.66. The number of carbonyl (C=O) groups is 2. The minimum Gasteiger partial charge on any atom is -0.462 e. The molecule has 2 rings (SSSR count). The van der Waals surface area contributed by atoms with Gasteiger partial charge in [-0.25, -0.2) is 9.78 Å². The lowest BCUT2D eigenvalue weighted by Gasteiger charge is -2.10. The summed E-state index contributed by atoms with van der Waals surface area (Å²) in [5, 5.41) is 0. The highest BCUT2D eigenvalue weighted by atomic mass is 16.5. The average Bonchev–Trinajstić information content (AvgIpc) is 2.60. The van der Waals surface area contributed by atoms with Crippen LogP contribution in [-0.4, -0.2) is 42.3 Å². The number of nitrogens with zero attached hydrogens (tertiary/aromatic N) is 2. The first-order valence-electron chi connectivity index (χ1n) is 7.65. The number of rotatable bonds is 6. The van der Waals surface area contributed by atoms with E-state index in [0.29, 0.717) is 11.3 Å². The number of ether oxygens (including phenoxy) is 1. The van der Waals surface area contributed by atoms with E-state index < -0.39 is 5.97 Å². The Labute approximate surface area is 141 Å². The molecule has 0 fully saturated rings. The van der Waals surface area contributed by atoms with Gasteiger partial charge in [0.25, 0.3) is 0 Å². The normalized spacial score (nSPS) is 10.6. The molecule has 0 aliphatic rings. The van der Waals surface area contributed by atoms with Gasteiger partial charge in [0, 0.05) is 31.9 Å². The van der Waals surface area contributed by atoms with Gasteiger partial charge in [-0.15, -0.1) is 0 Å². The molecule has 5 nitrogen and oxygen atoms in total. The zero-order chi connectivity index (χ0) is 17.5. The van der Waals surface area contributed by atoms with Crippen molar-refractivity contribution in [2.75, 3.05) is 20.7 Å². The SMILES string of the molecule is CCOC(=O)c1ccc(C(=O)/C=C/N(C)C)nc1-c1ccccc1. The van der Waals surface area contributed by atoms with Gasteiger partial charge in [0.2, 0.25) is 5.78 Å². The van der Waals surface area contributed by atoms with Crippen molar-refractivity contribution in [3.63, 3.8) is 0 Å². The lowest BCUT2D eigenvalue weighted by atomic mass is 10.0. The molecule has 124 valence electrons. The molecule has 1 heterocycles. The molecule has 5 heteroatoms. The summed E-state index contributed by atoms with van der Waals surface area (Å²) in [6.07, 6.45) is 3.10. The molecule has 1 aromatic heterocycles. The van der Waals surface area contributed by atoms with Gasteiger partial charge in [-0.2, -0.15) is 0 Å². The van der Waals surface area contributed by atoms with Crippen LogP contribution >= 0.6 is 0 Å². The Morgan fingerprint density at radius 1 is 1.12 bits per heavy atom. The van der Waals surface area contributed by atoms with Crippen molar-refractivity contribution in [2.24, 2.45) is 0 Å². The van der Waals surface area contributed by atoms with Crippen molar-refractivity contribution in [3.8, 4) is 11.3 Å². The third-order valence-electron chi connectivity index (χ3n) is 3.21. The zero-order valence-electron chi connectivity index (χ0n) is 14.0. The van der Waals surface area contributed by atoms with Crippen molar-refractivity contribution in [3.05, 3.63) is 66.0 Å². The largest absolute Gasteiger partial charge is 0.462 e. The van der Waals surface area contributed by atoms with Gasteiger partial charge in [-0.3, -0.25) is 4.79 Å². The maximum absolute atomic E-state index is 12.2. The number of esters is 1. The van der Waals surface area contributed by atoms with Gasteiger partial charge in [-0.1, -0.05) is 30.3 Å². The van der Waals surface area contributed by atoms with E-state index in [2.05, 4.69) is 4.98 Å². The number of hydrogen-bond donors (Lipinski definition) is 0. The quantitative estimate of drug-likeness (QED) is 0.464. The molecule has 0 atom stereocenters. The third-order valence-corrected chi connectivity index (χ3v) is 3.21. The fourth-order valence-electron chi connectivity index (χ4n) is 2.09. The van der Waals surface area contributed by atoms with E-state index in [-0.39, 0.29) is 18.1 Å². The first-order valence-corrected chi connectivity index (χ1v) is 7.65. The summed E-state index contributed by atoms with van der Waals surface area (Å²) in [5.41, 5.74) is 1.82. The summed E-state index contributed by atoms with van der Waals surface area (Å²) < 4.78 is 5.08. The fraction of sp³-hybridized carbons (Fsp3) is 0.211. The van der Waals surface area contributed by atoms with Crippen LogP contribution in [0.3, 0.4) is 0 Å². The number of carbonyl (C=O) groups excluding carboxylic acids is 2. The highest BCUT2D eigenvalue weighted by Crippen LogP contribution is 2.23. The maximum atomic E-state index is 12.2. The maximum Gasteiger partial charge on any atom is 0.340 e. The van der Waals surface area contributed by atoms with Crippen LogP contribution < -0.4 is 0 Å². The molecular formula is C19H20N2O3. The van der Waals surface area contributed by atoms with Crippen molar-refractivity contribution in [1.82, 2.24) is 9.88 Å². The lowest BCUT2D eigenvalue weighted by molar-refractivity contribution is 0.0526. The lowest BCUT2D eigenvalue weighted by Crippen LogP contribution is -2.10. The number of allylic oxidation sites excluding steroid dienone is 1. The molecular weight excluding hydrogens is 304 g/mol. The average molecular weight is 324 g/mol. The molecule has 1 aromatic carbocycles. The molecule has 0 N–H and O–H groups in total. The Kier molecular flexibility index (Phi) is 5.84. The molecule has 24 heavy (non-hydrogen) atoms. The molecule has 0 unspecified atom stereocenters. The van der Waals surface area contributed by atoms with Crippen LogP contribution in [0.2, 0.25) is 0 Å². The first kappa shape index (κ1) is 17.4. The van der Waals surface area contributed by atoms with Crippen LogP contribution in [0.4, 0.5) is 0 Å². The smallest absolute Gasteiger partial charge is 0.340 e. The second-order valence-corrected chi connectivity index (χ2v) is 5.32. The van der Waals surface area contributed by atoms with Crippen LogP contribution in [-0.2, 0) is 4.74 Å². The van der Waals surface area contributed by atoms with E-state index in [1.54, 1.807) is 30.2 Å².